The Morgan fingerprint density at radius 2 is 1.62 bits per heavy atom. The minimum absolute atomic E-state index is 0.0000246. The Morgan fingerprint density at radius 1 is 0.962 bits per heavy atom. The summed E-state index contributed by atoms with van der Waals surface area (Å²) in [4.78, 5) is 15.1. The fourth-order valence-corrected chi connectivity index (χ4v) is 4.00. The van der Waals surface area contributed by atoms with Crippen LogP contribution in [0.15, 0.2) is 59.7 Å². The van der Waals surface area contributed by atoms with Crippen LogP contribution in [0.25, 0.3) is 0 Å². The van der Waals surface area contributed by atoms with Gasteiger partial charge in [-0.25, -0.2) is 0 Å². The molecule has 4 rings (SSSR count). The maximum atomic E-state index is 13.2. The topological polar surface area (TPSA) is 35.9 Å². The van der Waals surface area contributed by atoms with Crippen LogP contribution in [0.3, 0.4) is 0 Å². The first-order valence-electron chi connectivity index (χ1n) is 9.47. The first-order chi connectivity index (χ1) is 12.6. The maximum absolute atomic E-state index is 13.2. The van der Waals surface area contributed by atoms with Crippen molar-refractivity contribution in [2.24, 2.45) is 5.10 Å². The maximum Gasteiger partial charge on any atom is 0.279 e. The van der Waals surface area contributed by atoms with Crippen molar-refractivity contribution in [2.75, 3.05) is 4.90 Å². The Balaban J connectivity index is 1.70. The zero-order chi connectivity index (χ0) is 18.1. The second-order valence-corrected chi connectivity index (χ2v) is 7.35. The average Bonchev–Trinajstić information content (AvgIpc) is 2.91. The number of carbonyl (C=O) groups is 1. The summed E-state index contributed by atoms with van der Waals surface area (Å²) in [5.74, 6) is 0.0000246. The molecular weight excluding hydrogens is 322 g/mol. The number of hydrazone groups is 1. The Hall–Kier alpha value is -2.62. The number of rotatable bonds is 3. The van der Waals surface area contributed by atoms with Crippen molar-refractivity contribution in [1.29, 1.82) is 0 Å². The van der Waals surface area contributed by atoms with E-state index in [1.165, 1.54) is 6.42 Å². The van der Waals surface area contributed by atoms with Crippen molar-refractivity contribution < 1.29 is 4.79 Å². The summed E-state index contributed by atoms with van der Waals surface area (Å²) < 4.78 is 0. The third kappa shape index (κ3) is 3.00. The summed E-state index contributed by atoms with van der Waals surface area (Å²) in [6, 6.07) is 18.9. The molecule has 2 aliphatic heterocycles. The van der Waals surface area contributed by atoms with Gasteiger partial charge in [-0.05, 0) is 44.7 Å². The number of carbonyl (C=O) groups excluding carboxylic acids is 1. The molecule has 134 valence electrons. The molecule has 2 unspecified atom stereocenters. The van der Waals surface area contributed by atoms with Crippen LogP contribution in [0.5, 0.6) is 0 Å². The molecule has 2 heterocycles. The van der Waals surface area contributed by atoms with Gasteiger partial charge in [-0.1, -0.05) is 48.5 Å². The van der Waals surface area contributed by atoms with Crippen LogP contribution in [-0.4, -0.2) is 28.7 Å². The van der Waals surface area contributed by atoms with E-state index in [9.17, 15) is 4.79 Å². The molecule has 0 saturated carbocycles. The summed E-state index contributed by atoms with van der Waals surface area (Å²) in [7, 11) is 0. The molecule has 0 N–H and O–H groups in total. The summed E-state index contributed by atoms with van der Waals surface area (Å²) in [5.41, 5.74) is 3.60. The molecule has 0 spiro atoms. The monoisotopic (exact) mass is 347 g/mol. The summed E-state index contributed by atoms with van der Waals surface area (Å²) in [5, 5.41) is 7.01. The van der Waals surface area contributed by atoms with Gasteiger partial charge >= 0.3 is 0 Å². The van der Waals surface area contributed by atoms with Gasteiger partial charge in [0.25, 0.3) is 5.91 Å². The molecule has 0 aliphatic carbocycles. The molecular formula is C22H25N3O. The number of benzene rings is 2. The third-order valence-corrected chi connectivity index (χ3v) is 5.44. The number of hydrogen-bond donors (Lipinski definition) is 0. The first kappa shape index (κ1) is 16.8. The van der Waals surface area contributed by atoms with Gasteiger partial charge in [0.15, 0.2) is 5.71 Å². The van der Waals surface area contributed by atoms with Gasteiger partial charge in [0.1, 0.15) is 0 Å². The number of amides is 1. The molecule has 2 aromatic carbocycles. The first-order valence-corrected chi connectivity index (χ1v) is 9.47. The molecule has 0 bridgehead atoms. The van der Waals surface area contributed by atoms with Crippen molar-refractivity contribution in [1.82, 2.24) is 5.01 Å². The highest BCUT2D eigenvalue weighted by molar-refractivity contribution is 6.54. The third-order valence-electron chi connectivity index (χ3n) is 5.44. The number of fused-ring (bicyclic) bond motifs is 1. The fourth-order valence-electron chi connectivity index (χ4n) is 4.00. The van der Waals surface area contributed by atoms with Crippen molar-refractivity contribution in [3.8, 4) is 0 Å². The van der Waals surface area contributed by atoms with Crippen molar-refractivity contribution in [2.45, 2.75) is 51.7 Å². The van der Waals surface area contributed by atoms with Crippen LogP contribution in [0.4, 0.5) is 5.69 Å². The molecule has 0 radical (unpaired) electrons. The lowest BCUT2D eigenvalue weighted by Gasteiger charge is -2.37. The molecule has 1 amide bonds. The second kappa shape index (κ2) is 6.94. The zero-order valence-electron chi connectivity index (χ0n) is 15.4. The van der Waals surface area contributed by atoms with Gasteiger partial charge in [0, 0.05) is 17.6 Å². The van der Waals surface area contributed by atoms with Gasteiger partial charge in [0.05, 0.1) is 12.2 Å². The van der Waals surface area contributed by atoms with Crippen molar-refractivity contribution in [3.63, 3.8) is 0 Å². The van der Waals surface area contributed by atoms with Gasteiger partial charge < -0.3 is 4.90 Å². The lowest BCUT2D eigenvalue weighted by molar-refractivity contribution is -0.112. The highest BCUT2D eigenvalue weighted by Gasteiger charge is 2.35. The Morgan fingerprint density at radius 3 is 2.35 bits per heavy atom. The number of anilines is 1. The molecule has 1 saturated heterocycles. The SMILES string of the molecule is CC1CCCC(C)N1N=C1C(=O)N(Cc2ccccc2)c2ccccc21. The Bertz CT molecular complexity index is 820. The van der Waals surface area contributed by atoms with Crippen molar-refractivity contribution in [3.05, 3.63) is 65.7 Å². The van der Waals surface area contributed by atoms with E-state index in [4.69, 9.17) is 5.10 Å². The average molecular weight is 347 g/mol. The van der Waals surface area contributed by atoms with E-state index >= 15 is 0 Å². The van der Waals surface area contributed by atoms with Crippen LogP contribution in [0, 0.1) is 0 Å². The van der Waals surface area contributed by atoms with E-state index in [0.29, 0.717) is 24.3 Å². The number of nitrogens with zero attached hydrogens (tertiary/aromatic N) is 3. The summed E-state index contributed by atoms with van der Waals surface area (Å²) in [6.07, 6.45) is 3.49. The summed E-state index contributed by atoms with van der Waals surface area (Å²) in [6.45, 7) is 4.97. The molecule has 2 aromatic rings. The van der Waals surface area contributed by atoms with E-state index in [-0.39, 0.29) is 5.91 Å². The Kier molecular flexibility index (Phi) is 4.49. The van der Waals surface area contributed by atoms with E-state index < -0.39 is 0 Å². The van der Waals surface area contributed by atoms with Crippen LogP contribution >= 0.6 is 0 Å². The number of para-hydroxylation sites is 1. The highest BCUT2D eigenvalue weighted by atomic mass is 16.2. The molecule has 2 atom stereocenters. The number of piperidine rings is 1. The van der Waals surface area contributed by atoms with E-state index in [1.807, 2.05) is 47.4 Å². The Labute approximate surface area is 155 Å². The van der Waals surface area contributed by atoms with E-state index in [0.717, 1.165) is 29.7 Å². The zero-order valence-corrected chi connectivity index (χ0v) is 15.4. The molecule has 4 heteroatoms. The highest BCUT2D eigenvalue weighted by Crippen LogP contribution is 2.32. The van der Waals surface area contributed by atoms with Crippen LogP contribution < -0.4 is 4.90 Å². The van der Waals surface area contributed by atoms with Crippen LogP contribution in [0.2, 0.25) is 0 Å². The second-order valence-electron chi connectivity index (χ2n) is 7.35. The predicted molar refractivity (Wildman–Crippen MR) is 105 cm³/mol. The van der Waals surface area contributed by atoms with Crippen LogP contribution in [0.1, 0.15) is 44.2 Å². The van der Waals surface area contributed by atoms with Crippen molar-refractivity contribution >= 4 is 17.3 Å². The molecule has 2 aliphatic rings. The minimum atomic E-state index is 0.0000246. The van der Waals surface area contributed by atoms with Gasteiger partial charge in [0.2, 0.25) is 0 Å². The molecule has 1 fully saturated rings. The molecule has 26 heavy (non-hydrogen) atoms. The van der Waals surface area contributed by atoms with E-state index in [1.54, 1.807) is 0 Å². The fraction of sp³-hybridized carbons (Fsp3) is 0.364. The molecule has 4 nitrogen and oxygen atoms in total. The normalized spacial score (nSPS) is 24.2. The quantitative estimate of drug-likeness (QED) is 0.834. The van der Waals surface area contributed by atoms with Crippen LogP contribution in [-0.2, 0) is 11.3 Å². The lowest BCUT2D eigenvalue weighted by atomic mass is 10.00. The predicted octanol–water partition coefficient (Wildman–Crippen LogP) is 4.20. The lowest BCUT2D eigenvalue weighted by Crippen LogP contribution is -2.41. The minimum Gasteiger partial charge on any atom is -0.302 e. The van der Waals surface area contributed by atoms with Gasteiger partial charge in [-0.15, -0.1) is 0 Å². The standard InChI is InChI=1S/C22H25N3O/c1-16-9-8-10-17(2)25(16)23-21-19-13-6-7-14-20(19)24(22(21)26)15-18-11-4-3-5-12-18/h3-7,11-14,16-17H,8-10,15H2,1-2H3. The molecule has 0 aromatic heterocycles. The van der Waals surface area contributed by atoms with Gasteiger partial charge in [-0.3, -0.25) is 9.80 Å². The van der Waals surface area contributed by atoms with Gasteiger partial charge in [-0.2, -0.15) is 5.10 Å². The largest absolute Gasteiger partial charge is 0.302 e. The van der Waals surface area contributed by atoms with E-state index in [2.05, 4.69) is 31.0 Å². The smallest absolute Gasteiger partial charge is 0.279 e. The number of hydrogen-bond acceptors (Lipinski definition) is 3. The summed E-state index contributed by atoms with van der Waals surface area (Å²) >= 11 is 0.